The zero-order chi connectivity index (χ0) is 21.5. The smallest absolute Gasteiger partial charge is 0.352 e. The number of fused-ring (bicyclic) bond motifs is 1. The van der Waals surface area contributed by atoms with Gasteiger partial charge in [-0.25, -0.2) is 14.2 Å². The third kappa shape index (κ3) is 4.23. The molecule has 0 saturated heterocycles. The number of ether oxygens (including phenoxy) is 2. The van der Waals surface area contributed by atoms with Crippen molar-refractivity contribution < 1.29 is 13.9 Å². The summed E-state index contributed by atoms with van der Waals surface area (Å²) in [6.07, 6.45) is 1.42. The Labute approximate surface area is 177 Å². The van der Waals surface area contributed by atoms with E-state index in [2.05, 4.69) is 15.3 Å². The number of aromatic nitrogens is 3. The average Bonchev–Trinajstić information content (AvgIpc) is 2.99. The molecular weight excluding hydrogens is 411 g/mol. The molecule has 4 rings (SSSR count). The number of anilines is 1. The molecule has 1 aromatic carbocycles. The first-order valence-electron chi connectivity index (χ1n) is 9.31. The van der Waals surface area contributed by atoms with E-state index in [0.717, 1.165) is 0 Å². The Kier molecular flexibility index (Phi) is 5.11. The fourth-order valence-electron chi connectivity index (χ4n) is 3.31. The molecule has 156 valence electrons. The summed E-state index contributed by atoms with van der Waals surface area (Å²) >= 11 is 5.75. The van der Waals surface area contributed by atoms with Gasteiger partial charge >= 0.3 is 5.69 Å². The van der Waals surface area contributed by atoms with Gasteiger partial charge in [-0.05, 0) is 56.2 Å². The van der Waals surface area contributed by atoms with Gasteiger partial charge in [0, 0.05) is 6.07 Å². The molecular formula is C21H20ClFN4O3. The maximum atomic E-state index is 14.6. The Morgan fingerprint density at radius 3 is 2.80 bits per heavy atom. The number of aryl methyl sites for hydroxylation is 1. The molecule has 0 unspecified atom stereocenters. The van der Waals surface area contributed by atoms with E-state index >= 15 is 0 Å². The molecule has 3 aromatic rings. The van der Waals surface area contributed by atoms with Crippen LogP contribution in [0.3, 0.4) is 0 Å². The zero-order valence-corrected chi connectivity index (χ0v) is 17.5. The van der Waals surface area contributed by atoms with Gasteiger partial charge in [-0.15, -0.1) is 0 Å². The Bertz CT molecular complexity index is 1140. The fraction of sp³-hybridized carbons (Fsp3) is 0.286. The van der Waals surface area contributed by atoms with Crippen LogP contribution in [0.25, 0.3) is 0 Å². The van der Waals surface area contributed by atoms with Crippen molar-refractivity contribution in [3.05, 3.63) is 69.1 Å². The molecule has 0 saturated carbocycles. The highest BCUT2D eigenvalue weighted by molar-refractivity contribution is 6.29. The minimum Gasteiger partial charge on any atom is -0.473 e. The molecule has 0 fully saturated rings. The van der Waals surface area contributed by atoms with Crippen molar-refractivity contribution in [1.29, 1.82) is 0 Å². The van der Waals surface area contributed by atoms with Gasteiger partial charge in [0.15, 0.2) is 11.6 Å². The average molecular weight is 431 g/mol. The van der Waals surface area contributed by atoms with Crippen molar-refractivity contribution in [3.8, 4) is 17.4 Å². The molecule has 2 aromatic heterocycles. The van der Waals surface area contributed by atoms with Crippen molar-refractivity contribution in [2.45, 2.75) is 39.5 Å². The number of pyridine rings is 1. The quantitative estimate of drug-likeness (QED) is 0.607. The van der Waals surface area contributed by atoms with E-state index in [9.17, 15) is 9.18 Å². The predicted octanol–water partition coefficient (Wildman–Crippen LogP) is 4.31. The minimum absolute atomic E-state index is 0.0554. The summed E-state index contributed by atoms with van der Waals surface area (Å²) in [6, 6.07) is 7.92. The van der Waals surface area contributed by atoms with Crippen LogP contribution in [0, 0.1) is 12.7 Å². The molecule has 0 spiro atoms. The number of rotatable bonds is 5. The molecule has 0 atom stereocenters. The highest BCUT2D eigenvalue weighted by Crippen LogP contribution is 2.30. The molecule has 30 heavy (non-hydrogen) atoms. The summed E-state index contributed by atoms with van der Waals surface area (Å²) in [7, 11) is 0. The molecule has 3 heterocycles. The molecule has 0 radical (unpaired) electrons. The third-order valence-electron chi connectivity index (χ3n) is 4.60. The standard InChI is InChI=1S/C21H20ClFN4O3/c1-12-6-13(7-15(23)19(12)30-14-4-5-16(22)24-9-14)10-29-18-8-17-26-21(2,3)11-27(17)20(28)25-18/h4-9,26H,10-11H2,1-3H3. The Hall–Kier alpha value is -3.13. The summed E-state index contributed by atoms with van der Waals surface area (Å²) in [4.78, 5) is 20.1. The number of halogens is 2. The highest BCUT2D eigenvalue weighted by Gasteiger charge is 2.29. The van der Waals surface area contributed by atoms with Crippen LogP contribution in [0.5, 0.6) is 17.4 Å². The Morgan fingerprint density at radius 2 is 2.10 bits per heavy atom. The van der Waals surface area contributed by atoms with Gasteiger partial charge in [-0.2, -0.15) is 4.98 Å². The van der Waals surface area contributed by atoms with Gasteiger partial charge in [-0.1, -0.05) is 11.6 Å². The normalized spacial score (nSPS) is 14.2. The van der Waals surface area contributed by atoms with E-state index < -0.39 is 5.82 Å². The molecule has 0 aliphatic carbocycles. The van der Waals surface area contributed by atoms with Crippen molar-refractivity contribution in [3.63, 3.8) is 0 Å². The maximum absolute atomic E-state index is 14.6. The van der Waals surface area contributed by atoms with E-state index in [1.54, 1.807) is 35.8 Å². The van der Waals surface area contributed by atoms with E-state index in [0.29, 0.717) is 34.4 Å². The van der Waals surface area contributed by atoms with E-state index in [-0.39, 0.29) is 29.5 Å². The van der Waals surface area contributed by atoms with Crippen LogP contribution in [0.2, 0.25) is 5.15 Å². The summed E-state index contributed by atoms with van der Waals surface area (Å²) < 4.78 is 27.4. The van der Waals surface area contributed by atoms with Gasteiger partial charge < -0.3 is 14.8 Å². The number of hydrogen-bond acceptors (Lipinski definition) is 6. The first kappa shape index (κ1) is 20.2. The summed E-state index contributed by atoms with van der Waals surface area (Å²) in [5, 5.41) is 3.58. The lowest BCUT2D eigenvalue weighted by Crippen LogP contribution is -2.30. The lowest BCUT2D eigenvalue weighted by Gasteiger charge is -2.16. The van der Waals surface area contributed by atoms with Gasteiger partial charge in [0.25, 0.3) is 0 Å². The molecule has 0 bridgehead atoms. The first-order chi connectivity index (χ1) is 14.2. The van der Waals surface area contributed by atoms with Crippen LogP contribution in [-0.4, -0.2) is 20.1 Å². The topological polar surface area (TPSA) is 78.3 Å². The van der Waals surface area contributed by atoms with Crippen LogP contribution < -0.4 is 20.5 Å². The number of hydrogen-bond donors (Lipinski definition) is 1. The molecule has 0 amide bonds. The zero-order valence-electron chi connectivity index (χ0n) is 16.7. The van der Waals surface area contributed by atoms with Crippen LogP contribution in [0.4, 0.5) is 10.2 Å². The minimum atomic E-state index is -0.533. The molecule has 1 aliphatic rings. The van der Waals surface area contributed by atoms with E-state index in [1.165, 1.54) is 12.3 Å². The van der Waals surface area contributed by atoms with Gasteiger partial charge in [-0.3, -0.25) is 4.57 Å². The number of benzene rings is 1. The predicted molar refractivity (Wildman–Crippen MR) is 111 cm³/mol. The Morgan fingerprint density at radius 1 is 1.30 bits per heavy atom. The Balaban J connectivity index is 1.49. The van der Waals surface area contributed by atoms with Crippen LogP contribution >= 0.6 is 11.6 Å². The molecule has 9 heteroatoms. The molecule has 7 nitrogen and oxygen atoms in total. The van der Waals surface area contributed by atoms with Gasteiger partial charge in [0.2, 0.25) is 5.88 Å². The number of nitrogens with one attached hydrogen (secondary N) is 1. The largest absolute Gasteiger partial charge is 0.473 e. The van der Waals surface area contributed by atoms with Crippen molar-refractivity contribution in [1.82, 2.24) is 14.5 Å². The summed E-state index contributed by atoms with van der Waals surface area (Å²) in [6.45, 7) is 6.31. The second kappa shape index (κ2) is 7.60. The second-order valence-corrected chi connectivity index (χ2v) is 8.18. The number of nitrogens with zero attached hydrogens (tertiary/aromatic N) is 3. The van der Waals surface area contributed by atoms with Gasteiger partial charge in [0.05, 0.1) is 18.3 Å². The lowest BCUT2D eigenvalue weighted by molar-refractivity contribution is 0.290. The monoisotopic (exact) mass is 430 g/mol. The maximum Gasteiger partial charge on any atom is 0.352 e. The molecule has 1 N–H and O–H groups in total. The second-order valence-electron chi connectivity index (χ2n) is 7.79. The van der Waals surface area contributed by atoms with Crippen molar-refractivity contribution >= 4 is 17.4 Å². The summed E-state index contributed by atoms with van der Waals surface area (Å²) in [5.41, 5.74) is 0.557. The summed E-state index contributed by atoms with van der Waals surface area (Å²) in [5.74, 6) is 0.778. The van der Waals surface area contributed by atoms with E-state index in [4.69, 9.17) is 21.1 Å². The molecule has 1 aliphatic heterocycles. The van der Waals surface area contributed by atoms with Crippen LogP contribution in [0.1, 0.15) is 25.0 Å². The van der Waals surface area contributed by atoms with Crippen LogP contribution in [-0.2, 0) is 13.2 Å². The first-order valence-corrected chi connectivity index (χ1v) is 9.69. The van der Waals surface area contributed by atoms with Crippen molar-refractivity contribution in [2.24, 2.45) is 0 Å². The fourth-order valence-corrected chi connectivity index (χ4v) is 3.42. The lowest BCUT2D eigenvalue weighted by atomic mass is 10.1. The van der Waals surface area contributed by atoms with Crippen molar-refractivity contribution in [2.75, 3.05) is 5.32 Å². The van der Waals surface area contributed by atoms with E-state index in [1.807, 2.05) is 13.8 Å². The SMILES string of the molecule is Cc1cc(COc2cc3n(c(=O)n2)CC(C)(C)N3)cc(F)c1Oc1ccc(Cl)nc1. The van der Waals surface area contributed by atoms with Crippen LogP contribution in [0.15, 0.2) is 41.3 Å². The van der Waals surface area contributed by atoms with Gasteiger partial charge in [0.1, 0.15) is 23.3 Å². The third-order valence-corrected chi connectivity index (χ3v) is 4.83. The highest BCUT2D eigenvalue weighted by atomic mass is 35.5.